The fourth-order valence-electron chi connectivity index (χ4n) is 2.66. The second kappa shape index (κ2) is 5.88. The molecule has 0 aliphatic carbocycles. The van der Waals surface area contributed by atoms with Crippen molar-refractivity contribution in [3.8, 4) is 0 Å². The molecule has 10 heteroatoms. The quantitative estimate of drug-likeness (QED) is 0.846. The van der Waals surface area contributed by atoms with Crippen molar-refractivity contribution in [1.82, 2.24) is 19.7 Å². The fourth-order valence-corrected chi connectivity index (χ4v) is 2.84. The zero-order chi connectivity index (χ0) is 16.6. The van der Waals surface area contributed by atoms with E-state index in [1.54, 1.807) is 6.07 Å². The third kappa shape index (κ3) is 3.49. The molecule has 6 nitrogen and oxygen atoms in total. The molecule has 1 atom stereocenters. The van der Waals surface area contributed by atoms with Crippen LogP contribution in [0.1, 0.15) is 24.6 Å². The summed E-state index contributed by atoms with van der Waals surface area (Å²) in [6.45, 7) is 1.20. The Hall–Kier alpha value is -2.03. The Balaban J connectivity index is 1.79. The summed E-state index contributed by atoms with van der Waals surface area (Å²) in [4.78, 5) is 9.85. The Morgan fingerprint density at radius 2 is 2.09 bits per heavy atom. The summed E-state index contributed by atoms with van der Waals surface area (Å²) in [7, 11) is 0. The number of piperidine rings is 1. The van der Waals surface area contributed by atoms with Crippen molar-refractivity contribution < 1.29 is 13.2 Å². The highest BCUT2D eigenvalue weighted by Crippen LogP contribution is 2.30. The summed E-state index contributed by atoms with van der Waals surface area (Å²) in [5.74, 6) is 0.628. The van der Waals surface area contributed by atoms with Crippen LogP contribution in [0.4, 0.5) is 24.9 Å². The smallest absolute Gasteiger partial charge is 0.368 e. The predicted octanol–water partition coefficient (Wildman–Crippen LogP) is 2.77. The van der Waals surface area contributed by atoms with Crippen LogP contribution in [0.15, 0.2) is 18.3 Å². The van der Waals surface area contributed by atoms with Gasteiger partial charge < -0.3 is 10.6 Å². The lowest BCUT2D eigenvalue weighted by Gasteiger charge is -2.33. The average molecular weight is 347 g/mol. The number of rotatable bonds is 2. The van der Waals surface area contributed by atoms with Crippen molar-refractivity contribution in [1.29, 1.82) is 0 Å². The van der Waals surface area contributed by atoms with E-state index in [1.165, 1.54) is 10.9 Å². The maximum Gasteiger partial charge on any atom is 0.435 e. The minimum absolute atomic E-state index is 0.0630. The molecule has 23 heavy (non-hydrogen) atoms. The van der Waals surface area contributed by atoms with Gasteiger partial charge in [0.25, 0.3) is 0 Å². The first-order valence-corrected chi connectivity index (χ1v) is 7.38. The fraction of sp³-hybridized carbons (Fsp3) is 0.462. The zero-order valence-corrected chi connectivity index (χ0v) is 12.7. The van der Waals surface area contributed by atoms with Gasteiger partial charge >= 0.3 is 6.18 Å². The van der Waals surface area contributed by atoms with Crippen molar-refractivity contribution in [3.63, 3.8) is 0 Å². The molecule has 3 heterocycles. The van der Waals surface area contributed by atoms with Gasteiger partial charge in [0, 0.05) is 25.4 Å². The average Bonchev–Trinajstić information content (AvgIpc) is 2.96. The Morgan fingerprint density at radius 1 is 1.30 bits per heavy atom. The largest absolute Gasteiger partial charge is 0.435 e. The van der Waals surface area contributed by atoms with Gasteiger partial charge in [0.2, 0.25) is 5.95 Å². The number of alkyl halides is 3. The maximum absolute atomic E-state index is 12.7. The van der Waals surface area contributed by atoms with E-state index in [2.05, 4.69) is 15.1 Å². The van der Waals surface area contributed by atoms with Crippen molar-refractivity contribution in [3.05, 3.63) is 29.2 Å². The van der Waals surface area contributed by atoms with Crippen molar-refractivity contribution in [2.24, 2.45) is 0 Å². The molecule has 0 amide bonds. The normalized spacial score (nSPS) is 19.1. The standard InChI is InChI=1S/C13H14ClF3N6/c14-10-6-11(20-12(18)19-10)22-4-1-2-8(7-22)23-5-3-9(21-23)13(15,16)17/h3,5-6,8H,1-2,4,7H2,(H2,18,19,20). The van der Waals surface area contributed by atoms with Crippen LogP contribution in [-0.4, -0.2) is 32.8 Å². The molecule has 0 radical (unpaired) electrons. The van der Waals surface area contributed by atoms with Gasteiger partial charge in [0.1, 0.15) is 11.0 Å². The molecule has 0 saturated carbocycles. The van der Waals surface area contributed by atoms with Gasteiger partial charge in [0.15, 0.2) is 5.69 Å². The molecule has 3 rings (SSSR count). The van der Waals surface area contributed by atoms with Crippen LogP contribution in [0.25, 0.3) is 0 Å². The second-order valence-corrected chi connectivity index (χ2v) is 5.72. The summed E-state index contributed by atoms with van der Waals surface area (Å²) >= 11 is 5.88. The lowest BCUT2D eigenvalue weighted by Crippen LogP contribution is -2.37. The summed E-state index contributed by atoms with van der Waals surface area (Å²) in [6, 6.07) is 2.40. The molecule has 0 bridgehead atoms. The Morgan fingerprint density at radius 3 is 2.74 bits per heavy atom. The van der Waals surface area contributed by atoms with Crippen molar-refractivity contribution in [2.75, 3.05) is 23.7 Å². The van der Waals surface area contributed by atoms with Crippen molar-refractivity contribution in [2.45, 2.75) is 25.1 Å². The van der Waals surface area contributed by atoms with E-state index in [0.717, 1.165) is 25.5 Å². The van der Waals surface area contributed by atoms with Gasteiger partial charge in [-0.25, -0.2) is 4.98 Å². The van der Waals surface area contributed by atoms with E-state index in [0.29, 0.717) is 12.4 Å². The van der Waals surface area contributed by atoms with Crippen LogP contribution in [0.3, 0.4) is 0 Å². The van der Waals surface area contributed by atoms with Crippen LogP contribution < -0.4 is 10.6 Å². The second-order valence-electron chi connectivity index (χ2n) is 5.33. The van der Waals surface area contributed by atoms with Gasteiger partial charge in [-0.05, 0) is 18.9 Å². The topological polar surface area (TPSA) is 72.9 Å². The minimum Gasteiger partial charge on any atom is -0.368 e. The summed E-state index contributed by atoms with van der Waals surface area (Å²) < 4.78 is 39.4. The van der Waals surface area contributed by atoms with Gasteiger partial charge in [-0.2, -0.15) is 23.3 Å². The van der Waals surface area contributed by atoms with Gasteiger partial charge in [-0.15, -0.1) is 0 Å². The van der Waals surface area contributed by atoms with E-state index in [4.69, 9.17) is 17.3 Å². The molecule has 1 aliphatic rings. The van der Waals surface area contributed by atoms with E-state index in [1.807, 2.05) is 4.90 Å². The first kappa shape index (κ1) is 15.9. The predicted molar refractivity (Wildman–Crippen MR) is 79.2 cm³/mol. The number of nitrogen functional groups attached to an aromatic ring is 1. The lowest BCUT2D eigenvalue weighted by atomic mass is 10.1. The number of nitrogens with zero attached hydrogens (tertiary/aromatic N) is 5. The summed E-state index contributed by atoms with van der Waals surface area (Å²) in [5.41, 5.74) is 4.70. The molecule has 0 aromatic carbocycles. The first-order valence-electron chi connectivity index (χ1n) is 7.00. The van der Waals surface area contributed by atoms with Crippen LogP contribution in [0.2, 0.25) is 5.15 Å². The van der Waals surface area contributed by atoms with Crippen LogP contribution in [0.5, 0.6) is 0 Å². The highest BCUT2D eigenvalue weighted by molar-refractivity contribution is 6.29. The van der Waals surface area contributed by atoms with Crippen LogP contribution in [0, 0.1) is 0 Å². The summed E-state index contributed by atoms with van der Waals surface area (Å²) in [6.07, 6.45) is -1.54. The van der Waals surface area contributed by atoms with E-state index in [9.17, 15) is 13.2 Å². The molecule has 2 N–H and O–H groups in total. The Bertz CT molecular complexity index is 681. The molecular formula is C13H14ClF3N6. The molecule has 1 aliphatic heterocycles. The van der Waals surface area contributed by atoms with E-state index < -0.39 is 11.9 Å². The Labute approximate surface area is 135 Å². The highest BCUT2D eigenvalue weighted by atomic mass is 35.5. The minimum atomic E-state index is -4.44. The molecule has 124 valence electrons. The highest BCUT2D eigenvalue weighted by Gasteiger charge is 2.34. The zero-order valence-electron chi connectivity index (χ0n) is 12.0. The van der Waals surface area contributed by atoms with Gasteiger partial charge in [-0.1, -0.05) is 11.6 Å². The van der Waals surface area contributed by atoms with Gasteiger partial charge in [-0.3, -0.25) is 4.68 Å². The number of aromatic nitrogens is 4. The number of halogens is 4. The molecule has 1 unspecified atom stereocenters. The van der Waals surface area contributed by atoms with Crippen LogP contribution >= 0.6 is 11.6 Å². The van der Waals surface area contributed by atoms with E-state index in [-0.39, 0.29) is 17.1 Å². The molecule has 2 aromatic rings. The molecule has 0 spiro atoms. The number of anilines is 2. The number of hydrogen-bond acceptors (Lipinski definition) is 5. The van der Waals surface area contributed by atoms with Crippen molar-refractivity contribution >= 4 is 23.4 Å². The first-order chi connectivity index (χ1) is 10.8. The monoisotopic (exact) mass is 346 g/mol. The third-order valence-electron chi connectivity index (χ3n) is 3.69. The molecule has 1 saturated heterocycles. The molecular weight excluding hydrogens is 333 g/mol. The number of nitrogens with two attached hydrogens (primary N) is 1. The van der Waals surface area contributed by atoms with Crippen LogP contribution in [-0.2, 0) is 6.18 Å². The molecule has 2 aromatic heterocycles. The molecule has 1 fully saturated rings. The third-order valence-corrected chi connectivity index (χ3v) is 3.89. The summed E-state index contributed by atoms with van der Waals surface area (Å²) in [5, 5.41) is 3.88. The maximum atomic E-state index is 12.7. The number of hydrogen-bond donors (Lipinski definition) is 1. The van der Waals surface area contributed by atoms with Gasteiger partial charge in [0.05, 0.1) is 6.04 Å². The lowest BCUT2D eigenvalue weighted by molar-refractivity contribution is -0.141. The van der Waals surface area contributed by atoms with E-state index >= 15 is 0 Å². The SMILES string of the molecule is Nc1nc(Cl)cc(N2CCCC(n3ccc(C(F)(F)F)n3)C2)n1. The Kier molecular flexibility index (Phi) is 4.05.